The standard InChI is InChI=1S/C21H24N2O3S/c1-21(2,14-24)23-27-22-20(25)26-19-13-17-9-4-3-7-15(17)11-12-16-8-5-6-10-18(16)19/h3-12,19,23-24H,13-14H2,1-2H3,(H,22,25)/b12-11-. The Morgan fingerprint density at radius 2 is 1.81 bits per heavy atom. The molecule has 0 heterocycles. The minimum Gasteiger partial charge on any atom is -0.440 e. The van der Waals surface area contributed by atoms with Gasteiger partial charge in [0.2, 0.25) is 0 Å². The van der Waals surface area contributed by atoms with Crippen molar-refractivity contribution in [1.29, 1.82) is 0 Å². The van der Waals surface area contributed by atoms with Gasteiger partial charge < -0.3 is 9.84 Å². The molecule has 3 rings (SSSR count). The zero-order valence-electron chi connectivity index (χ0n) is 15.4. The molecule has 0 spiro atoms. The van der Waals surface area contributed by atoms with Gasteiger partial charge in [-0.15, -0.1) is 0 Å². The first-order chi connectivity index (χ1) is 13.0. The lowest BCUT2D eigenvalue weighted by Crippen LogP contribution is -2.40. The molecular formula is C21H24N2O3S. The van der Waals surface area contributed by atoms with Gasteiger partial charge in [-0.05, 0) is 30.5 Å². The zero-order chi connectivity index (χ0) is 19.3. The number of ether oxygens (including phenoxy) is 1. The van der Waals surface area contributed by atoms with Crippen LogP contribution in [-0.4, -0.2) is 23.3 Å². The lowest BCUT2D eigenvalue weighted by atomic mass is 9.91. The van der Waals surface area contributed by atoms with Gasteiger partial charge in [0.25, 0.3) is 0 Å². The van der Waals surface area contributed by atoms with Crippen LogP contribution in [0.1, 0.15) is 42.2 Å². The fraction of sp³-hybridized carbons (Fsp3) is 0.286. The van der Waals surface area contributed by atoms with Crippen LogP contribution < -0.4 is 9.44 Å². The molecule has 0 fully saturated rings. The summed E-state index contributed by atoms with van der Waals surface area (Å²) in [5.41, 5.74) is 3.77. The summed E-state index contributed by atoms with van der Waals surface area (Å²) >= 11 is 1.01. The number of aliphatic hydroxyl groups excluding tert-OH is 1. The molecule has 0 aromatic heterocycles. The monoisotopic (exact) mass is 384 g/mol. The number of hydrogen-bond donors (Lipinski definition) is 3. The Labute approximate surface area is 164 Å². The number of hydrogen-bond acceptors (Lipinski definition) is 5. The highest BCUT2D eigenvalue weighted by atomic mass is 32.2. The van der Waals surface area contributed by atoms with Crippen LogP contribution in [0.5, 0.6) is 0 Å². The Hall–Kier alpha value is -2.28. The Morgan fingerprint density at radius 3 is 2.59 bits per heavy atom. The third-order valence-corrected chi connectivity index (χ3v) is 5.28. The normalized spacial score (nSPS) is 17.1. The Bertz CT molecular complexity index is 836. The maximum atomic E-state index is 12.3. The van der Waals surface area contributed by atoms with Gasteiger partial charge in [0, 0.05) is 29.7 Å². The number of nitrogens with one attached hydrogen (secondary N) is 2. The van der Waals surface area contributed by atoms with Crippen molar-refractivity contribution in [1.82, 2.24) is 9.44 Å². The van der Waals surface area contributed by atoms with E-state index in [0.717, 1.165) is 34.4 Å². The van der Waals surface area contributed by atoms with Gasteiger partial charge in [-0.2, -0.15) is 0 Å². The van der Waals surface area contributed by atoms with Crippen molar-refractivity contribution >= 4 is 30.4 Å². The summed E-state index contributed by atoms with van der Waals surface area (Å²) in [6.07, 6.45) is 3.84. The summed E-state index contributed by atoms with van der Waals surface area (Å²) in [5, 5.41) is 9.25. The largest absolute Gasteiger partial charge is 0.440 e. The second kappa shape index (κ2) is 8.61. The van der Waals surface area contributed by atoms with E-state index in [0.29, 0.717) is 6.42 Å². The molecule has 6 heteroatoms. The van der Waals surface area contributed by atoms with Crippen LogP contribution >= 0.6 is 12.1 Å². The number of carbonyl (C=O) groups is 1. The van der Waals surface area contributed by atoms with E-state index in [9.17, 15) is 9.90 Å². The van der Waals surface area contributed by atoms with Gasteiger partial charge in [-0.1, -0.05) is 60.7 Å². The van der Waals surface area contributed by atoms with Crippen molar-refractivity contribution < 1.29 is 14.6 Å². The average Bonchev–Trinajstić information content (AvgIpc) is 2.65. The third-order valence-electron chi connectivity index (χ3n) is 4.35. The fourth-order valence-electron chi connectivity index (χ4n) is 2.82. The van der Waals surface area contributed by atoms with Crippen molar-refractivity contribution in [2.45, 2.75) is 31.9 Å². The van der Waals surface area contributed by atoms with Gasteiger partial charge >= 0.3 is 6.09 Å². The maximum Gasteiger partial charge on any atom is 0.418 e. The number of rotatable bonds is 5. The minimum absolute atomic E-state index is 0.0458. The first-order valence-electron chi connectivity index (χ1n) is 8.84. The molecule has 1 amide bonds. The van der Waals surface area contributed by atoms with Crippen molar-refractivity contribution in [2.24, 2.45) is 0 Å². The number of benzene rings is 2. The zero-order valence-corrected chi connectivity index (χ0v) is 16.3. The first kappa shape index (κ1) is 19.5. The second-order valence-electron chi connectivity index (χ2n) is 7.11. The van der Waals surface area contributed by atoms with Crippen molar-refractivity contribution in [3.05, 3.63) is 70.8 Å². The third kappa shape index (κ3) is 5.13. The highest BCUT2D eigenvalue weighted by Gasteiger charge is 2.23. The maximum absolute atomic E-state index is 12.3. The molecule has 2 aromatic carbocycles. The molecule has 1 atom stereocenters. The molecule has 1 aliphatic rings. The predicted molar refractivity (Wildman–Crippen MR) is 110 cm³/mol. The lowest BCUT2D eigenvalue weighted by Gasteiger charge is -2.24. The van der Waals surface area contributed by atoms with Crippen molar-refractivity contribution in [2.75, 3.05) is 6.61 Å². The van der Waals surface area contributed by atoms with Crippen LogP contribution in [0.3, 0.4) is 0 Å². The molecule has 5 nitrogen and oxygen atoms in total. The summed E-state index contributed by atoms with van der Waals surface area (Å²) < 4.78 is 11.4. The first-order valence-corrected chi connectivity index (χ1v) is 9.65. The van der Waals surface area contributed by atoms with E-state index in [1.54, 1.807) is 0 Å². The predicted octanol–water partition coefficient (Wildman–Crippen LogP) is 4.10. The summed E-state index contributed by atoms with van der Waals surface area (Å²) in [4.78, 5) is 12.3. The molecule has 1 unspecified atom stereocenters. The molecule has 0 radical (unpaired) electrons. The van der Waals surface area contributed by atoms with E-state index in [1.165, 1.54) is 0 Å². The van der Waals surface area contributed by atoms with Crippen LogP contribution in [0.4, 0.5) is 4.79 Å². The van der Waals surface area contributed by atoms with Crippen molar-refractivity contribution in [3.63, 3.8) is 0 Å². The van der Waals surface area contributed by atoms with Gasteiger partial charge in [-0.25, -0.2) is 9.52 Å². The molecule has 0 saturated carbocycles. The molecule has 27 heavy (non-hydrogen) atoms. The molecule has 142 valence electrons. The van der Waals surface area contributed by atoms with E-state index in [4.69, 9.17) is 4.74 Å². The van der Waals surface area contributed by atoms with Crippen LogP contribution in [0.15, 0.2) is 48.5 Å². The minimum atomic E-state index is -0.525. The smallest absolute Gasteiger partial charge is 0.418 e. The average molecular weight is 385 g/mol. The van der Waals surface area contributed by atoms with E-state index >= 15 is 0 Å². The fourth-order valence-corrected chi connectivity index (χ4v) is 3.35. The molecule has 3 N–H and O–H groups in total. The van der Waals surface area contributed by atoms with Crippen LogP contribution in [0.2, 0.25) is 0 Å². The Balaban J connectivity index is 1.76. The number of carbonyl (C=O) groups excluding carboxylic acids is 1. The van der Waals surface area contributed by atoms with Crippen molar-refractivity contribution in [3.8, 4) is 0 Å². The number of fused-ring (bicyclic) bond motifs is 2. The van der Waals surface area contributed by atoms with E-state index in [-0.39, 0.29) is 6.61 Å². The van der Waals surface area contributed by atoms with Crippen LogP contribution in [0.25, 0.3) is 12.2 Å². The number of aliphatic hydroxyl groups is 1. The highest BCUT2D eigenvalue weighted by molar-refractivity contribution is 7.96. The molecule has 0 aliphatic heterocycles. The van der Waals surface area contributed by atoms with Gasteiger partial charge in [0.15, 0.2) is 0 Å². The quantitative estimate of drug-likeness (QED) is 0.677. The van der Waals surface area contributed by atoms with Gasteiger partial charge in [-0.3, -0.25) is 4.72 Å². The van der Waals surface area contributed by atoms with Crippen LogP contribution in [-0.2, 0) is 11.2 Å². The van der Waals surface area contributed by atoms with E-state index < -0.39 is 17.7 Å². The second-order valence-corrected chi connectivity index (χ2v) is 7.72. The summed E-state index contributed by atoms with van der Waals surface area (Å²) in [7, 11) is 0. The van der Waals surface area contributed by atoms with Gasteiger partial charge in [0.05, 0.1) is 6.61 Å². The highest BCUT2D eigenvalue weighted by Crippen LogP contribution is 2.31. The molecular weight excluding hydrogens is 360 g/mol. The molecule has 0 saturated heterocycles. The van der Waals surface area contributed by atoms with E-state index in [1.807, 2.05) is 50.2 Å². The topological polar surface area (TPSA) is 70.6 Å². The lowest BCUT2D eigenvalue weighted by molar-refractivity contribution is 0.103. The SMILES string of the molecule is CC(C)(CO)NSNC(=O)OC1Cc2ccccc2/C=C\c2ccccc21. The Kier molecular flexibility index (Phi) is 6.21. The molecule has 0 bridgehead atoms. The Morgan fingerprint density at radius 1 is 1.15 bits per heavy atom. The molecule has 1 aliphatic carbocycles. The molecule has 2 aromatic rings. The van der Waals surface area contributed by atoms with E-state index in [2.05, 4.69) is 33.7 Å². The summed E-state index contributed by atoms with van der Waals surface area (Å²) in [5.74, 6) is 0. The summed E-state index contributed by atoms with van der Waals surface area (Å²) in [6.45, 7) is 3.62. The summed E-state index contributed by atoms with van der Waals surface area (Å²) in [6, 6.07) is 16.1. The number of amides is 1. The van der Waals surface area contributed by atoms with Crippen LogP contribution in [0, 0.1) is 0 Å². The van der Waals surface area contributed by atoms with Gasteiger partial charge in [0.1, 0.15) is 6.10 Å².